The SMILES string of the molecule is CN1CCN(C(=O)CC2CCN(c3cncc(Br)c3)CC2)CC1. The minimum absolute atomic E-state index is 0.348. The molecule has 2 aliphatic heterocycles. The lowest BCUT2D eigenvalue weighted by molar-refractivity contribution is -0.133. The average molecular weight is 381 g/mol. The van der Waals surface area contributed by atoms with E-state index in [9.17, 15) is 4.79 Å². The summed E-state index contributed by atoms with van der Waals surface area (Å²) in [6.07, 6.45) is 6.62. The molecule has 0 spiro atoms. The van der Waals surface area contributed by atoms with Crippen molar-refractivity contribution in [2.75, 3.05) is 51.2 Å². The molecular weight excluding hydrogens is 356 g/mol. The Morgan fingerprint density at radius 2 is 1.87 bits per heavy atom. The van der Waals surface area contributed by atoms with Crippen LogP contribution in [0, 0.1) is 5.92 Å². The van der Waals surface area contributed by atoms with Gasteiger partial charge in [-0.25, -0.2) is 0 Å². The lowest BCUT2D eigenvalue weighted by Crippen LogP contribution is -2.47. The maximum atomic E-state index is 12.4. The molecule has 2 saturated heterocycles. The summed E-state index contributed by atoms with van der Waals surface area (Å²) >= 11 is 3.48. The van der Waals surface area contributed by atoms with Crippen LogP contribution in [0.5, 0.6) is 0 Å². The molecular formula is C17H25BrN4O. The zero-order valence-corrected chi connectivity index (χ0v) is 15.3. The van der Waals surface area contributed by atoms with Gasteiger partial charge in [-0.1, -0.05) is 0 Å². The van der Waals surface area contributed by atoms with Crippen LogP contribution in [0.2, 0.25) is 0 Å². The molecule has 2 aliphatic rings. The van der Waals surface area contributed by atoms with E-state index in [-0.39, 0.29) is 0 Å². The second-order valence-corrected chi connectivity index (χ2v) is 7.60. The van der Waals surface area contributed by atoms with Crippen molar-refractivity contribution in [1.29, 1.82) is 0 Å². The van der Waals surface area contributed by atoms with Crippen LogP contribution in [0.4, 0.5) is 5.69 Å². The predicted octanol–water partition coefficient (Wildman–Crippen LogP) is 2.22. The molecule has 0 atom stereocenters. The molecule has 3 rings (SSSR count). The maximum Gasteiger partial charge on any atom is 0.222 e. The molecule has 0 unspecified atom stereocenters. The molecule has 5 nitrogen and oxygen atoms in total. The van der Waals surface area contributed by atoms with Crippen LogP contribution in [0.3, 0.4) is 0 Å². The summed E-state index contributed by atoms with van der Waals surface area (Å²) in [4.78, 5) is 23.4. The number of hydrogen-bond acceptors (Lipinski definition) is 4. The van der Waals surface area contributed by atoms with Gasteiger partial charge in [0.05, 0.1) is 11.9 Å². The number of piperazine rings is 1. The van der Waals surface area contributed by atoms with E-state index in [2.05, 4.69) is 43.8 Å². The Hall–Kier alpha value is -1.14. The molecule has 0 N–H and O–H groups in total. The van der Waals surface area contributed by atoms with Crippen molar-refractivity contribution in [3.63, 3.8) is 0 Å². The molecule has 2 fully saturated rings. The van der Waals surface area contributed by atoms with E-state index in [4.69, 9.17) is 0 Å². The zero-order valence-electron chi connectivity index (χ0n) is 13.7. The van der Waals surface area contributed by atoms with Gasteiger partial charge in [0.1, 0.15) is 0 Å². The number of nitrogens with zero attached hydrogens (tertiary/aromatic N) is 4. The van der Waals surface area contributed by atoms with Crippen molar-refractivity contribution < 1.29 is 4.79 Å². The lowest BCUT2D eigenvalue weighted by Gasteiger charge is -2.36. The number of piperidine rings is 1. The van der Waals surface area contributed by atoms with E-state index >= 15 is 0 Å². The molecule has 6 heteroatoms. The second kappa shape index (κ2) is 7.62. The average Bonchev–Trinajstić information content (AvgIpc) is 2.56. The van der Waals surface area contributed by atoms with E-state index in [1.54, 1.807) is 0 Å². The summed E-state index contributed by atoms with van der Waals surface area (Å²) < 4.78 is 1.02. The minimum atomic E-state index is 0.348. The van der Waals surface area contributed by atoms with E-state index in [1.165, 1.54) is 5.69 Å². The highest BCUT2D eigenvalue weighted by molar-refractivity contribution is 9.10. The van der Waals surface area contributed by atoms with Crippen LogP contribution >= 0.6 is 15.9 Å². The van der Waals surface area contributed by atoms with Crippen LogP contribution in [-0.4, -0.2) is 67.0 Å². The molecule has 0 radical (unpaired) electrons. The minimum Gasteiger partial charge on any atom is -0.370 e. The highest BCUT2D eigenvalue weighted by Gasteiger charge is 2.25. The predicted molar refractivity (Wildman–Crippen MR) is 95.6 cm³/mol. The molecule has 1 amide bonds. The van der Waals surface area contributed by atoms with E-state index < -0.39 is 0 Å². The standard InChI is InChI=1S/C17H25BrN4O/c1-20-6-8-22(9-7-20)17(23)10-14-2-4-21(5-3-14)16-11-15(18)12-19-13-16/h11-14H,2-10H2,1H3. The van der Waals surface area contributed by atoms with Crippen LogP contribution in [-0.2, 0) is 4.79 Å². The maximum absolute atomic E-state index is 12.4. The highest BCUT2D eigenvalue weighted by atomic mass is 79.9. The smallest absolute Gasteiger partial charge is 0.222 e. The van der Waals surface area contributed by atoms with E-state index in [1.807, 2.05) is 17.3 Å². The number of carbonyl (C=O) groups excluding carboxylic acids is 1. The third kappa shape index (κ3) is 4.44. The summed E-state index contributed by atoms with van der Waals surface area (Å²) in [5.41, 5.74) is 1.17. The van der Waals surface area contributed by atoms with Crippen molar-refractivity contribution in [2.24, 2.45) is 5.92 Å². The summed E-state index contributed by atoms with van der Waals surface area (Å²) in [5, 5.41) is 0. The second-order valence-electron chi connectivity index (χ2n) is 6.68. The molecule has 0 aliphatic carbocycles. The first-order valence-electron chi connectivity index (χ1n) is 8.43. The lowest BCUT2D eigenvalue weighted by atomic mass is 9.92. The third-order valence-corrected chi connectivity index (χ3v) is 5.42. The van der Waals surface area contributed by atoms with Gasteiger partial charge in [-0.15, -0.1) is 0 Å². The van der Waals surface area contributed by atoms with Gasteiger partial charge in [0.2, 0.25) is 5.91 Å². The summed E-state index contributed by atoms with van der Waals surface area (Å²) in [6.45, 7) is 5.80. The van der Waals surface area contributed by atoms with Gasteiger partial charge in [-0.05, 0) is 47.8 Å². The monoisotopic (exact) mass is 380 g/mol. The fourth-order valence-electron chi connectivity index (χ4n) is 3.40. The van der Waals surface area contributed by atoms with Crippen molar-refractivity contribution in [1.82, 2.24) is 14.8 Å². The summed E-state index contributed by atoms with van der Waals surface area (Å²) in [5.74, 6) is 0.874. The fourth-order valence-corrected chi connectivity index (χ4v) is 3.75. The molecule has 0 saturated carbocycles. The molecule has 23 heavy (non-hydrogen) atoms. The summed E-state index contributed by atoms with van der Waals surface area (Å²) in [6, 6.07) is 2.11. The zero-order chi connectivity index (χ0) is 16.2. The molecule has 0 aromatic carbocycles. The quantitative estimate of drug-likeness (QED) is 0.805. The number of hydrogen-bond donors (Lipinski definition) is 0. The number of amides is 1. The van der Waals surface area contributed by atoms with Gasteiger partial charge in [0, 0.05) is 56.4 Å². The van der Waals surface area contributed by atoms with Crippen LogP contribution in [0.1, 0.15) is 19.3 Å². The van der Waals surface area contributed by atoms with Gasteiger partial charge in [-0.3, -0.25) is 9.78 Å². The van der Waals surface area contributed by atoms with Crippen LogP contribution < -0.4 is 4.90 Å². The number of likely N-dealkylation sites (N-methyl/N-ethyl adjacent to an activating group) is 1. The molecule has 3 heterocycles. The first-order chi connectivity index (χ1) is 11.1. The highest BCUT2D eigenvalue weighted by Crippen LogP contribution is 2.26. The number of pyridine rings is 1. The van der Waals surface area contributed by atoms with Gasteiger partial charge >= 0.3 is 0 Å². The molecule has 0 bridgehead atoms. The number of halogens is 1. The van der Waals surface area contributed by atoms with Crippen molar-refractivity contribution in [3.8, 4) is 0 Å². The van der Waals surface area contributed by atoms with E-state index in [0.717, 1.165) is 56.6 Å². The number of anilines is 1. The number of rotatable bonds is 3. The third-order valence-electron chi connectivity index (χ3n) is 4.99. The van der Waals surface area contributed by atoms with Gasteiger partial charge < -0.3 is 14.7 Å². The Kier molecular flexibility index (Phi) is 5.54. The Labute approximate surface area is 146 Å². The van der Waals surface area contributed by atoms with Crippen LogP contribution in [0.25, 0.3) is 0 Å². The van der Waals surface area contributed by atoms with Gasteiger partial charge in [0.25, 0.3) is 0 Å². The Balaban J connectivity index is 1.46. The Bertz CT molecular complexity index is 537. The first-order valence-corrected chi connectivity index (χ1v) is 9.23. The number of aromatic nitrogens is 1. The van der Waals surface area contributed by atoms with Gasteiger partial charge in [0.15, 0.2) is 0 Å². The van der Waals surface area contributed by atoms with Crippen molar-refractivity contribution in [2.45, 2.75) is 19.3 Å². The Morgan fingerprint density at radius 1 is 1.17 bits per heavy atom. The molecule has 1 aromatic rings. The molecule has 1 aromatic heterocycles. The summed E-state index contributed by atoms with van der Waals surface area (Å²) in [7, 11) is 2.12. The normalized spacial score (nSPS) is 20.8. The van der Waals surface area contributed by atoms with E-state index in [0.29, 0.717) is 18.2 Å². The molecule has 126 valence electrons. The van der Waals surface area contributed by atoms with Crippen LogP contribution in [0.15, 0.2) is 22.9 Å². The number of carbonyl (C=O) groups is 1. The van der Waals surface area contributed by atoms with Crippen molar-refractivity contribution in [3.05, 3.63) is 22.9 Å². The Morgan fingerprint density at radius 3 is 2.52 bits per heavy atom. The van der Waals surface area contributed by atoms with Crippen molar-refractivity contribution >= 4 is 27.5 Å². The first kappa shape index (κ1) is 16.7. The largest absolute Gasteiger partial charge is 0.370 e. The van der Waals surface area contributed by atoms with Gasteiger partial charge in [-0.2, -0.15) is 0 Å². The topological polar surface area (TPSA) is 39.7 Å². The fraction of sp³-hybridized carbons (Fsp3) is 0.647.